The highest BCUT2D eigenvalue weighted by molar-refractivity contribution is 5.18. The summed E-state index contributed by atoms with van der Waals surface area (Å²) in [5.41, 5.74) is 1.59. The highest BCUT2D eigenvalue weighted by Crippen LogP contribution is 2.60. The van der Waals surface area contributed by atoms with Crippen LogP contribution in [0.3, 0.4) is 0 Å². The molecule has 2 saturated carbocycles. The summed E-state index contributed by atoms with van der Waals surface area (Å²) in [6, 6.07) is 0. The zero-order valence-electron chi connectivity index (χ0n) is 7.79. The van der Waals surface area contributed by atoms with E-state index in [1.54, 1.807) is 5.57 Å². The van der Waals surface area contributed by atoms with E-state index in [2.05, 4.69) is 19.9 Å². The molecule has 3 aliphatic rings. The van der Waals surface area contributed by atoms with E-state index in [1.165, 1.54) is 12.8 Å². The first-order valence-corrected chi connectivity index (χ1v) is 5.09. The summed E-state index contributed by atoms with van der Waals surface area (Å²) in [7, 11) is 0. The largest absolute Gasteiger partial charge is 0.369 e. The number of hydrogen-bond donors (Lipinski definition) is 0. The molecule has 5 atom stereocenters. The topological polar surface area (TPSA) is 12.5 Å². The van der Waals surface area contributed by atoms with Crippen molar-refractivity contribution in [2.45, 2.75) is 38.9 Å². The number of rotatable bonds is 1. The molecule has 12 heavy (non-hydrogen) atoms. The summed E-state index contributed by atoms with van der Waals surface area (Å²) in [6.45, 7) is 4.44. The SMILES string of the molecule is C/C=C(/C)C1CC2CC1C1OC21. The lowest BCUT2D eigenvalue weighted by molar-refractivity contribution is 0.256. The van der Waals surface area contributed by atoms with E-state index in [4.69, 9.17) is 4.74 Å². The third kappa shape index (κ3) is 0.731. The third-order valence-electron chi connectivity index (χ3n) is 4.14. The first-order valence-electron chi connectivity index (χ1n) is 5.09. The summed E-state index contributed by atoms with van der Waals surface area (Å²) in [5, 5.41) is 0. The second kappa shape index (κ2) is 2.14. The standard InChI is InChI=1S/C11H16O/c1-3-6(2)8-4-7-5-9(8)11-10(7)12-11/h3,7-11H,4-5H2,1-2H3/b6-3-. The quantitative estimate of drug-likeness (QED) is 0.428. The molecular weight excluding hydrogens is 148 g/mol. The summed E-state index contributed by atoms with van der Waals surface area (Å²) < 4.78 is 5.64. The highest BCUT2D eigenvalue weighted by atomic mass is 16.6. The zero-order chi connectivity index (χ0) is 8.29. The molecule has 2 bridgehead atoms. The lowest BCUT2D eigenvalue weighted by Gasteiger charge is -2.19. The molecule has 2 aliphatic carbocycles. The van der Waals surface area contributed by atoms with Crippen molar-refractivity contribution < 1.29 is 4.74 Å². The molecule has 3 fully saturated rings. The Morgan fingerprint density at radius 3 is 2.75 bits per heavy atom. The molecule has 0 aromatic carbocycles. The van der Waals surface area contributed by atoms with Crippen LogP contribution in [0, 0.1) is 17.8 Å². The second-order valence-corrected chi connectivity index (χ2v) is 4.60. The van der Waals surface area contributed by atoms with Gasteiger partial charge in [0.15, 0.2) is 0 Å². The van der Waals surface area contributed by atoms with Crippen molar-refractivity contribution in [2.75, 3.05) is 0 Å². The molecule has 3 rings (SSSR count). The molecule has 0 amide bonds. The van der Waals surface area contributed by atoms with Crippen LogP contribution < -0.4 is 0 Å². The van der Waals surface area contributed by atoms with Crippen LogP contribution in [0.4, 0.5) is 0 Å². The van der Waals surface area contributed by atoms with Gasteiger partial charge in [0.05, 0.1) is 12.2 Å². The average molecular weight is 164 g/mol. The Morgan fingerprint density at radius 1 is 1.33 bits per heavy atom. The molecule has 1 nitrogen and oxygen atoms in total. The maximum Gasteiger partial charge on any atom is 0.0878 e. The number of epoxide rings is 1. The molecule has 1 heteroatoms. The Balaban J connectivity index is 1.84. The minimum Gasteiger partial charge on any atom is -0.369 e. The Labute approximate surface area is 73.8 Å². The van der Waals surface area contributed by atoms with Crippen LogP contribution in [0.5, 0.6) is 0 Å². The molecule has 0 radical (unpaired) electrons. The van der Waals surface area contributed by atoms with Gasteiger partial charge in [-0.3, -0.25) is 0 Å². The Bertz CT molecular complexity index is 243. The summed E-state index contributed by atoms with van der Waals surface area (Å²) in [4.78, 5) is 0. The molecular formula is C11H16O. The van der Waals surface area contributed by atoms with Crippen molar-refractivity contribution in [1.82, 2.24) is 0 Å². The van der Waals surface area contributed by atoms with Crippen molar-refractivity contribution in [2.24, 2.45) is 17.8 Å². The minimum absolute atomic E-state index is 0.670. The van der Waals surface area contributed by atoms with Gasteiger partial charge in [-0.05, 0) is 44.4 Å². The van der Waals surface area contributed by atoms with Gasteiger partial charge in [0.1, 0.15) is 0 Å². The molecule has 66 valence electrons. The fourth-order valence-corrected chi connectivity index (χ4v) is 3.34. The number of allylic oxidation sites excluding steroid dienone is 2. The van der Waals surface area contributed by atoms with Crippen molar-refractivity contribution in [3.63, 3.8) is 0 Å². The van der Waals surface area contributed by atoms with Gasteiger partial charge in [-0.1, -0.05) is 11.6 Å². The van der Waals surface area contributed by atoms with Crippen LogP contribution in [0.25, 0.3) is 0 Å². The van der Waals surface area contributed by atoms with Crippen LogP contribution in [0.15, 0.2) is 11.6 Å². The predicted molar refractivity (Wildman–Crippen MR) is 47.8 cm³/mol. The monoisotopic (exact) mass is 164 g/mol. The molecule has 0 aromatic heterocycles. The van der Waals surface area contributed by atoms with Crippen LogP contribution in [0.1, 0.15) is 26.7 Å². The van der Waals surface area contributed by atoms with Gasteiger partial charge in [0.2, 0.25) is 0 Å². The van der Waals surface area contributed by atoms with Crippen molar-refractivity contribution in [3.8, 4) is 0 Å². The fraction of sp³-hybridized carbons (Fsp3) is 0.818. The summed E-state index contributed by atoms with van der Waals surface area (Å²) in [6.07, 6.45) is 6.50. The fourth-order valence-electron chi connectivity index (χ4n) is 3.34. The van der Waals surface area contributed by atoms with Gasteiger partial charge in [-0.25, -0.2) is 0 Å². The molecule has 5 unspecified atom stereocenters. The Kier molecular flexibility index (Phi) is 1.27. The second-order valence-electron chi connectivity index (χ2n) is 4.60. The number of ether oxygens (including phenoxy) is 1. The third-order valence-corrected chi connectivity index (χ3v) is 4.14. The average Bonchev–Trinajstić information content (AvgIpc) is 2.71. The van der Waals surface area contributed by atoms with E-state index in [-0.39, 0.29) is 0 Å². The van der Waals surface area contributed by atoms with E-state index in [0.717, 1.165) is 17.8 Å². The van der Waals surface area contributed by atoms with Gasteiger partial charge in [-0.15, -0.1) is 0 Å². The smallest absolute Gasteiger partial charge is 0.0878 e. The number of hydrogen-bond acceptors (Lipinski definition) is 1. The van der Waals surface area contributed by atoms with Gasteiger partial charge in [0.25, 0.3) is 0 Å². The van der Waals surface area contributed by atoms with Gasteiger partial charge in [0, 0.05) is 0 Å². The molecule has 1 aliphatic heterocycles. The van der Waals surface area contributed by atoms with Crippen molar-refractivity contribution >= 4 is 0 Å². The van der Waals surface area contributed by atoms with Crippen LogP contribution in [0.2, 0.25) is 0 Å². The lowest BCUT2D eigenvalue weighted by atomic mass is 9.84. The molecule has 0 aromatic rings. The van der Waals surface area contributed by atoms with E-state index < -0.39 is 0 Å². The van der Waals surface area contributed by atoms with Crippen molar-refractivity contribution in [1.29, 1.82) is 0 Å². The van der Waals surface area contributed by atoms with Gasteiger partial charge in [-0.2, -0.15) is 0 Å². The summed E-state index contributed by atoms with van der Waals surface area (Å²) in [5.74, 6) is 2.67. The van der Waals surface area contributed by atoms with E-state index in [9.17, 15) is 0 Å². The lowest BCUT2D eigenvalue weighted by Crippen LogP contribution is -2.18. The Morgan fingerprint density at radius 2 is 2.17 bits per heavy atom. The molecule has 1 heterocycles. The maximum atomic E-state index is 5.64. The summed E-state index contributed by atoms with van der Waals surface area (Å²) >= 11 is 0. The molecule has 0 spiro atoms. The van der Waals surface area contributed by atoms with Crippen LogP contribution in [-0.4, -0.2) is 12.2 Å². The van der Waals surface area contributed by atoms with Gasteiger partial charge < -0.3 is 4.74 Å². The maximum absolute atomic E-state index is 5.64. The van der Waals surface area contributed by atoms with Gasteiger partial charge >= 0.3 is 0 Å². The zero-order valence-corrected chi connectivity index (χ0v) is 7.79. The Hall–Kier alpha value is -0.300. The van der Waals surface area contributed by atoms with Crippen molar-refractivity contribution in [3.05, 3.63) is 11.6 Å². The first-order chi connectivity index (χ1) is 5.81. The van der Waals surface area contributed by atoms with E-state index >= 15 is 0 Å². The molecule has 1 saturated heterocycles. The first kappa shape index (κ1) is 7.14. The highest BCUT2D eigenvalue weighted by Gasteiger charge is 2.63. The van der Waals surface area contributed by atoms with Crippen LogP contribution >= 0.6 is 0 Å². The van der Waals surface area contributed by atoms with Crippen LogP contribution in [-0.2, 0) is 4.74 Å². The molecule has 0 N–H and O–H groups in total. The minimum atomic E-state index is 0.670. The predicted octanol–water partition coefficient (Wildman–Crippen LogP) is 2.38. The normalized spacial score (nSPS) is 55.8. The van der Waals surface area contributed by atoms with E-state index in [0.29, 0.717) is 12.2 Å². The number of fused-ring (bicyclic) bond motifs is 5. The van der Waals surface area contributed by atoms with E-state index in [1.807, 2.05) is 0 Å².